The van der Waals surface area contributed by atoms with Crippen LogP contribution in [0, 0.1) is 0 Å². The highest BCUT2D eigenvalue weighted by molar-refractivity contribution is 5.85. The first-order chi connectivity index (χ1) is 12.7. The number of amides is 2. The molecule has 1 aromatic carbocycles. The van der Waals surface area contributed by atoms with E-state index in [1.165, 1.54) is 18.4 Å². The van der Waals surface area contributed by atoms with Gasteiger partial charge in [-0.2, -0.15) is 0 Å². The predicted octanol–water partition coefficient (Wildman–Crippen LogP) is 2.85. The van der Waals surface area contributed by atoms with Crippen molar-refractivity contribution in [1.29, 1.82) is 0 Å². The zero-order valence-electron chi connectivity index (χ0n) is 17.3. The Bertz CT molecular complexity index is 604. The number of hydrogen-bond acceptors (Lipinski definition) is 3. The monoisotopic (exact) mass is 373 g/mol. The van der Waals surface area contributed by atoms with Gasteiger partial charge in [0.25, 0.3) is 0 Å². The fourth-order valence-corrected chi connectivity index (χ4v) is 3.63. The Kier molecular flexibility index (Phi) is 7.84. The predicted molar refractivity (Wildman–Crippen MR) is 110 cm³/mol. The van der Waals surface area contributed by atoms with Crippen molar-refractivity contribution < 1.29 is 9.59 Å². The van der Waals surface area contributed by atoms with E-state index >= 15 is 0 Å². The maximum Gasteiger partial charge on any atom is 0.240 e. The molecule has 2 amide bonds. The lowest BCUT2D eigenvalue weighted by Crippen LogP contribution is -2.49. The van der Waals surface area contributed by atoms with Gasteiger partial charge in [-0.05, 0) is 45.6 Å². The SMILES string of the molecule is CN(CC(=O)NC(C)(C)C)C(=O)CN(CCc1ccccc1)C1CCCC1. The van der Waals surface area contributed by atoms with Crippen LogP contribution in [0.5, 0.6) is 0 Å². The largest absolute Gasteiger partial charge is 0.350 e. The van der Waals surface area contributed by atoms with Crippen LogP contribution < -0.4 is 5.32 Å². The van der Waals surface area contributed by atoms with E-state index in [2.05, 4.69) is 34.5 Å². The van der Waals surface area contributed by atoms with Gasteiger partial charge in [-0.1, -0.05) is 43.2 Å². The zero-order valence-corrected chi connectivity index (χ0v) is 17.3. The number of benzene rings is 1. The second-order valence-corrected chi connectivity index (χ2v) is 8.69. The molecule has 0 aliphatic heterocycles. The van der Waals surface area contributed by atoms with E-state index in [9.17, 15) is 9.59 Å². The Balaban J connectivity index is 1.90. The fraction of sp³-hybridized carbons (Fsp3) is 0.636. The van der Waals surface area contributed by atoms with Crippen molar-refractivity contribution in [2.45, 2.75) is 64.5 Å². The standard InChI is InChI=1S/C22H35N3O2/c1-22(2,3)23-20(26)16-24(4)21(27)17-25(19-12-8-9-13-19)15-14-18-10-6-5-7-11-18/h5-7,10-11,19H,8-9,12-17H2,1-4H3,(H,23,26). The van der Waals surface area contributed by atoms with Crippen molar-refractivity contribution in [3.05, 3.63) is 35.9 Å². The van der Waals surface area contributed by atoms with Gasteiger partial charge < -0.3 is 10.2 Å². The van der Waals surface area contributed by atoms with Crippen LogP contribution in [-0.4, -0.2) is 59.9 Å². The maximum absolute atomic E-state index is 12.7. The van der Waals surface area contributed by atoms with Crippen LogP contribution in [0.15, 0.2) is 30.3 Å². The van der Waals surface area contributed by atoms with Gasteiger partial charge in [0.05, 0.1) is 13.1 Å². The van der Waals surface area contributed by atoms with E-state index in [1.807, 2.05) is 26.8 Å². The van der Waals surface area contributed by atoms with E-state index in [-0.39, 0.29) is 23.9 Å². The molecule has 0 unspecified atom stereocenters. The molecule has 0 saturated heterocycles. The Morgan fingerprint density at radius 1 is 1.07 bits per heavy atom. The van der Waals surface area contributed by atoms with Crippen molar-refractivity contribution in [3.8, 4) is 0 Å². The second-order valence-electron chi connectivity index (χ2n) is 8.69. The molecule has 1 fully saturated rings. The number of hydrogen-bond donors (Lipinski definition) is 1. The summed E-state index contributed by atoms with van der Waals surface area (Å²) >= 11 is 0. The highest BCUT2D eigenvalue weighted by atomic mass is 16.2. The molecule has 0 radical (unpaired) electrons. The van der Waals surface area contributed by atoms with Crippen LogP contribution in [0.4, 0.5) is 0 Å². The molecule has 0 bridgehead atoms. The number of carbonyl (C=O) groups is 2. The summed E-state index contributed by atoms with van der Waals surface area (Å²) in [6.45, 7) is 7.20. The van der Waals surface area contributed by atoms with Crippen LogP contribution in [0.1, 0.15) is 52.0 Å². The van der Waals surface area contributed by atoms with E-state index in [0.29, 0.717) is 12.6 Å². The molecule has 27 heavy (non-hydrogen) atoms. The number of carbonyl (C=O) groups excluding carboxylic acids is 2. The molecule has 1 aliphatic rings. The van der Waals surface area contributed by atoms with Crippen molar-refractivity contribution in [2.24, 2.45) is 0 Å². The van der Waals surface area contributed by atoms with Crippen LogP contribution in [0.25, 0.3) is 0 Å². The Hall–Kier alpha value is -1.88. The lowest BCUT2D eigenvalue weighted by molar-refractivity contribution is -0.136. The van der Waals surface area contributed by atoms with Crippen molar-refractivity contribution >= 4 is 11.8 Å². The topological polar surface area (TPSA) is 52.7 Å². The lowest BCUT2D eigenvalue weighted by Gasteiger charge is -2.30. The van der Waals surface area contributed by atoms with Gasteiger partial charge in [-0.25, -0.2) is 0 Å². The summed E-state index contributed by atoms with van der Waals surface area (Å²) in [7, 11) is 1.72. The summed E-state index contributed by atoms with van der Waals surface area (Å²) in [5.74, 6) is -0.103. The molecular formula is C22H35N3O2. The number of likely N-dealkylation sites (N-methyl/N-ethyl adjacent to an activating group) is 1. The third-order valence-electron chi connectivity index (χ3n) is 5.03. The van der Waals surface area contributed by atoms with Crippen LogP contribution in [0.2, 0.25) is 0 Å². The van der Waals surface area contributed by atoms with Crippen LogP contribution >= 0.6 is 0 Å². The maximum atomic E-state index is 12.7. The Morgan fingerprint density at radius 2 is 1.70 bits per heavy atom. The van der Waals surface area contributed by atoms with E-state index in [4.69, 9.17) is 0 Å². The minimum atomic E-state index is -0.285. The number of nitrogens with one attached hydrogen (secondary N) is 1. The number of rotatable bonds is 8. The van der Waals surface area contributed by atoms with Gasteiger partial charge in [0.1, 0.15) is 0 Å². The first kappa shape index (κ1) is 21.4. The van der Waals surface area contributed by atoms with Crippen LogP contribution in [0.3, 0.4) is 0 Å². The average molecular weight is 374 g/mol. The molecule has 5 nitrogen and oxygen atoms in total. The average Bonchev–Trinajstić information content (AvgIpc) is 3.12. The van der Waals surface area contributed by atoms with Gasteiger partial charge in [0.15, 0.2) is 0 Å². The molecule has 150 valence electrons. The molecule has 1 N–H and O–H groups in total. The van der Waals surface area contributed by atoms with E-state index < -0.39 is 0 Å². The minimum Gasteiger partial charge on any atom is -0.350 e. The van der Waals surface area contributed by atoms with Gasteiger partial charge in [-0.15, -0.1) is 0 Å². The van der Waals surface area contributed by atoms with E-state index in [0.717, 1.165) is 25.8 Å². The summed E-state index contributed by atoms with van der Waals surface area (Å²) < 4.78 is 0. The second kappa shape index (κ2) is 9.88. The summed E-state index contributed by atoms with van der Waals surface area (Å²) in [6.07, 6.45) is 5.75. The van der Waals surface area contributed by atoms with Gasteiger partial charge in [0.2, 0.25) is 11.8 Å². The molecule has 0 aromatic heterocycles. The highest BCUT2D eigenvalue weighted by Gasteiger charge is 2.26. The summed E-state index contributed by atoms with van der Waals surface area (Å²) in [5.41, 5.74) is 1.01. The summed E-state index contributed by atoms with van der Waals surface area (Å²) in [5, 5.41) is 2.91. The quantitative estimate of drug-likeness (QED) is 0.762. The molecular weight excluding hydrogens is 338 g/mol. The third kappa shape index (κ3) is 7.71. The van der Waals surface area contributed by atoms with Gasteiger partial charge in [-0.3, -0.25) is 14.5 Å². The molecule has 5 heteroatoms. The van der Waals surface area contributed by atoms with E-state index in [1.54, 1.807) is 11.9 Å². The number of nitrogens with zero attached hydrogens (tertiary/aromatic N) is 2. The molecule has 2 rings (SSSR count). The molecule has 0 spiro atoms. The smallest absolute Gasteiger partial charge is 0.240 e. The lowest BCUT2D eigenvalue weighted by atomic mass is 10.1. The zero-order chi connectivity index (χ0) is 19.9. The third-order valence-corrected chi connectivity index (χ3v) is 5.03. The van der Waals surface area contributed by atoms with Crippen molar-refractivity contribution in [1.82, 2.24) is 15.1 Å². The van der Waals surface area contributed by atoms with Gasteiger partial charge >= 0.3 is 0 Å². The van der Waals surface area contributed by atoms with Crippen molar-refractivity contribution in [2.75, 3.05) is 26.7 Å². The van der Waals surface area contributed by atoms with Crippen LogP contribution in [-0.2, 0) is 16.0 Å². The fourth-order valence-electron chi connectivity index (χ4n) is 3.63. The Labute approximate surface area is 164 Å². The Morgan fingerprint density at radius 3 is 2.30 bits per heavy atom. The van der Waals surface area contributed by atoms with Crippen molar-refractivity contribution in [3.63, 3.8) is 0 Å². The summed E-state index contributed by atoms with van der Waals surface area (Å²) in [4.78, 5) is 28.7. The summed E-state index contributed by atoms with van der Waals surface area (Å²) in [6, 6.07) is 10.9. The minimum absolute atomic E-state index is 0.0130. The normalized spacial score (nSPS) is 15.1. The van der Waals surface area contributed by atoms with Gasteiger partial charge in [0, 0.05) is 25.2 Å². The molecule has 1 saturated carbocycles. The molecule has 0 heterocycles. The molecule has 1 aliphatic carbocycles. The first-order valence-electron chi connectivity index (χ1n) is 10.1. The molecule has 0 atom stereocenters. The first-order valence-corrected chi connectivity index (χ1v) is 10.1. The molecule has 1 aromatic rings. The highest BCUT2D eigenvalue weighted by Crippen LogP contribution is 2.23.